The maximum absolute atomic E-state index is 13.5. The molecule has 0 radical (unpaired) electrons. The Labute approximate surface area is 191 Å². The van der Waals surface area contributed by atoms with E-state index < -0.39 is 22.0 Å². The number of rotatable bonds is 9. The second kappa shape index (κ2) is 10.6. The molecule has 0 aromatic heterocycles. The van der Waals surface area contributed by atoms with Gasteiger partial charge in [-0.25, -0.2) is 8.42 Å². The molecule has 0 fully saturated rings. The molecular formula is C24H33N3O4S. The second-order valence-corrected chi connectivity index (χ2v) is 9.88. The number of nitrogens with zero attached hydrogens (tertiary/aromatic N) is 2. The molecule has 0 saturated heterocycles. The van der Waals surface area contributed by atoms with Crippen molar-refractivity contribution >= 4 is 27.5 Å². The third kappa shape index (κ3) is 5.88. The first-order valence-electron chi connectivity index (χ1n) is 10.6. The monoisotopic (exact) mass is 459 g/mol. The minimum absolute atomic E-state index is 0.210. The highest BCUT2D eigenvalue weighted by atomic mass is 32.2. The van der Waals surface area contributed by atoms with E-state index in [1.165, 1.54) is 11.9 Å². The normalized spacial score (nSPS) is 12.2. The standard InChI is InChI=1S/C24H33N3O4S/c1-7-21(24(29)25-5)26(15-20-13-9-8-11-18(20)3)23(28)16-27(32(6,30)31)22-14-10-12-17(2)19(22)4/h8-14,21H,7,15-16H2,1-6H3,(H,25,29)/t21-/m1/s1. The number of likely N-dealkylation sites (N-methyl/N-ethyl adjacent to an activating group) is 1. The van der Waals surface area contributed by atoms with E-state index in [0.29, 0.717) is 12.1 Å². The fourth-order valence-corrected chi connectivity index (χ4v) is 4.56. The first-order valence-corrected chi connectivity index (χ1v) is 12.5. The van der Waals surface area contributed by atoms with Crippen molar-refractivity contribution in [1.29, 1.82) is 0 Å². The van der Waals surface area contributed by atoms with Crippen LogP contribution in [-0.2, 0) is 26.2 Å². The van der Waals surface area contributed by atoms with Gasteiger partial charge in [0, 0.05) is 13.6 Å². The molecule has 0 saturated carbocycles. The van der Waals surface area contributed by atoms with Crippen LogP contribution < -0.4 is 9.62 Å². The van der Waals surface area contributed by atoms with E-state index >= 15 is 0 Å². The summed E-state index contributed by atoms with van der Waals surface area (Å²) >= 11 is 0. The minimum atomic E-state index is -3.74. The third-order valence-electron chi connectivity index (χ3n) is 5.76. The highest BCUT2D eigenvalue weighted by molar-refractivity contribution is 7.92. The summed E-state index contributed by atoms with van der Waals surface area (Å²) < 4.78 is 26.5. The Hall–Kier alpha value is -2.87. The molecular weight excluding hydrogens is 426 g/mol. The molecule has 0 aliphatic heterocycles. The molecule has 0 unspecified atom stereocenters. The van der Waals surface area contributed by atoms with E-state index in [1.54, 1.807) is 12.1 Å². The van der Waals surface area contributed by atoms with Crippen molar-refractivity contribution in [2.45, 2.75) is 46.7 Å². The number of hydrogen-bond donors (Lipinski definition) is 1. The van der Waals surface area contributed by atoms with Gasteiger partial charge in [-0.15, -0.1) is 0 Å². The largest absolute Gasteiger partial charge is 0.357 e. The van der Waals surface area contributed by atoms with Gasteiger partial charge in [-0.3, -0.25) is 13.9 Å². The predicted molar refractivity (Wildman–Crippen MR) is 128 cm³/mol. The number of nitrogens with one attached hydrogen (secondary N) is 1. The van der Waals surface area contributed by atoms with Gasteiger partial charge in [-0.05, 0) is 55.5 Å². The van der Waals surface area contributed by atoms with Crippen LogP contribution in [0.15, 0.2) is 42.5 Å². The lowest BCUT2D eigenvalue weighted by Crippen LogP contribution is -2.51. The lowest BCUT2D eigenvalue weighted by molar-refractivity contribution is -0.140. The van der Waals surface area contributed by atoms with Gasteiger partial charge >= 0.3 is 0 Å². The molecule has 0 aliphatic carbocycles. The van der Waals surface area contributed by atoms with Crippen LogP contribution in [0.3, 0.4) is 0 Å². The SMILES string of the molecule is CC[C@H](C(=O)NC)N(Cc1ccccc1C)C(=O)CN(c1cccc(C)c1C)S(C)(=O)=O. The number of amides is 2. The molecule has 2 aromatic carbocycles. The van der Waals surface area contributed by atoms with Crippen LogP contribution in [0.2, 0.25) is 0 Å². The van der Waals surface area contributed by atoms with Gasteiger partial charge in [0.05, 0.1) is 11.9 Å². The molecule has 1 N–H and O–H groups in total. The Morgan fingerprint density at radius 1 is 1.00 bits per heavy atom. The molecule has 7 nitrogen and oxygen atoms in total. The Kier molecular flexibility index (Phi) is 8.44. The highest BCUT2D eigenvalue weighted by Crippen LogP contribution is 2.25. The molecule has 0 heterocycles. The average Bonchev–Trinajstić information content (AvgIpc) is 2.74. The zero-order chi connectivity index (χ0) is 24.1. The van der Waals surface area contributed by atoms with Crippen molar-refractivity contribution in [3.63, 3.8) is 0 Å². The lowest BCUT2D eigenvalue weighted by atomic mass is 10.1. The molecule has 0 spiro atoms. The summed E-state index contributed by atoms with van der Waals surface area (Å²) in [7, 11) is -2.21. The lowest BCUT2D eigenvalue weighted by Gasteiger charge is -2.33. The number of carbonyl (C=O) groups excluding carboxylic acids is 2. The van der Waals surface area contributed by atoms with Crippen molar-refractivity contribution in [2.75, 3.05) is 24.2 Å². The van der Waals surface area contributed by atoms with Gasteiger partial charge in [0.2, 0.25) is 21.8 Å². The van der Waals surface area contributed by atoms with Gasteiger partial charge in [-0.2, -0.15) is 0 Å². The summed E-state index contributed by atoms with van der Waals surface area (Å²) in [5.74, 6) is -0.720. The van der Waals surface area contributed by atoms with E-state index in [9.17, 15) is 18.0 Å². The molecule has 2 rings (SSSR count). The first kappa shape index (κ1) is 25.4. The summed E-state index contributed by atoms with van der Waals surface area (Å²) in [5, 5.41) is 2.62. The van der Waals surface area contributed by atoms with Gasteiger partial charge in [0.15, 0.2) is 0 Å². The number of hydrogen-bond acceptors (Lipinski definition) is 4. The van der Waals surface area contributed by atoms with Crippen LogP contribution in [0, 0.1) is 20.8 Å². The van der Waals surface area contributed by atoms with Crippen LogP contribution in [-0.4, -0.2) is 51.0 Å². The van der Waals surface area contributed by atoms with Crippen molar-refractivity contribution in [2.24, 2.45) is 0 Å². The van der Waals surface area contributed by atoms with Crippen LogP contribution in [0.5, 0.6) is 0 Å². The van der Waals surface area contributed by atoms with Crippen molar-refractivity contribution < 1.29 is 18.0 Å². The molecule has 2 aromatic rings. The minimum Gasteiger partial charge on any atom is -0.357 e. The number of sulfonamides is 1. The number of anilines is 1. The van der Waals surface area contributed by atoms with Crippen LogP contribution in [0.25, 0.3) is 0 Å². The van der Waals surface area contributed by atoms with Crippen molar-refractivity contribution in [3.8, 4) is 0 Å². The van der Waals surface area contributed by atoms with E-state index in [2.05, 4.69) is 5.32 Å². The fourth-order valence-electron chi connectivity index (χ4n) is 3.66. The van der Waals surface area contributed by atoms with E-state index in [4.69, 9.17) is 0 Å². The van der Waals surface area contributed by atoms with Gasteiger partial charge in [0.25, 0.3) is 0 Å². The van der Waals surface area contributed by atoms with E-state index in [1.807, 2.05) is 58.0 Å². The highest BCUT2D eigenvalue weighted by Gasteiger charge is 2.32. The summed E-state index contributed by atoms with van der Waals surface area (Å²) in [6.45, 7) is 7.32. The maximum atomic E-state index is 13.5. The first-order chi connectivity index (χ1) is 15.0. The Morgan fingerprint density at radius 2 is 1.62 bits per heavy atom. The Bertz CT molecular complexity index is 1080. The zero-order valence-electron chi connectivity index (χ0n) is 19.7. The maximum Gasteiger partial charge on any atom is 0.244 e. The van der Waals surface area contributed by atoms with Crippen LogP contribution in [0.4, 0.5) is 5.69 Å². The smallest absolute Gasteiger partial charge is 0.244 e. The molecule has 1 atom stereocenters. The molecule has 32 heavy (non-hydrogen) atoms. The van der Waals surface area contributed by atoms with Crippen LogP contribution >= 0.6 is 0 Å². The quantitative estimate of drug-likeness (QED) is 0.625. The predicted octanol–water partition coefficient (Wildman–Crippen LogP) is 2.93. The zero-order valence-corrected chi connectivity index (χ0v) is 20.5. The fraction of sp³-hybridized carbons (Fsp3) is 0.417. The number of benzene rings is 2. The molecule has 174 valence electrons. The van der Waals surface area contributed by atoms with Gasteiger partial charge in [0.1, 0.15) is 12.6 Å². The Morgan fingerprint density at radius 3 is 2.19 bits per heavy atom. The molecule has 0 bridgehead atoms. The van der Waals surface area contributed by atoms with Gasteiger partial charge in [-0.1, -0.05) is 43.3 Å². The van der Waals surface area contributed by atoms with E-state index in [0.717, 1.165) is 32.8 Å². The molecule has 0 aliphatic rings. The van der Waals surface area contributed by atoms with Crippen molar-refractivity contribution in [1.82, 2.24) is 10.2 Å². The van der Waals surface area contributed by atoms with E-state index in [-0.39, 0.29) is 19.0 Å². The summed E-state index contributed by atoms with van der Waals surface area (Å²) in [6.07, 6.45) is 1.49. The third-order valence-corrected chi connectivity index (χ3v) is 6.88. The summed E-state index contributed by atoms with van der Waals surface area (Å²) in [4.78, 5) is 27.6. The van der Waals surface area contributed by atoms with Crippen LogP contribution in [0.1, 0.15) is 35.6 Å². The summed E-state index contributed by atoms with van der Waals surface area (Å²) in [5.41, 5.74) is 4.07. The number of carbonyl (C=O) groups is 2. The molecule has 8 heteroatoms. The number of aryl methyl sites for hydroxylation is 2. The summed E-state index contributed by atoms with van der Waals surface area (Å²) in [6, 6.07) is 12.3. The second-order valence-electron chi connectivity index (χ2n) is 7.98. The molecule has 2 amide bonds. The topological polar surface area (TPSA) is 86.8 Å². The van der Waals surface area contributed by atoms with Crippen molar-refractivity contribution in [3.05, 3.63) is 64.7 Å². The van der Waals surface area contributed by atoms with Gasteiger partial charge < -0.3 is 10.2 Å². The Balaban J connectivity index is 2.49. The average molecular weight is 460 g/mol.